The molecule has 0 radical (unpaired) electrons. The highest BCUT2D eigenvalue weighted by Gasteiger charge is 2.05. The van der Waals surface area contributed by atoms with Gasteiger partial charge in [-0.3, -0.25) is 0 Å². The van der Waals surface area contributed by atoms with Crippen molar-refractivity contribution in [2.45, 2.75) is 38.6 Å². The Morgan fingerprint density at radius 1 is 1.18 bits per heavy atom. The SMILES string of the molecule is COc1ccc(/C(CCCCCCn2ccnc2)=N\O)cc1. The van der Waals surface area contributed by atoms with Crippen molar-refractivity contribution in [3.8, 4) is 5.75 Å². The molecule has 0 saturated heterocycles. The molecule has 0 aliphatic heterocycles. The van der Waals surface area contributed by atoms with Crippen LogP contribution in [0.25, 0.3) is 0 Å². The lowest BCUT2D eigenvalue weighted by Gasteiger charge is -2.06. The second-order valence-corrected chi connectivity index (χ2v) is 5.24. The predicted octanol–water partition coefficient (Wildman–Crippen LogP) is 3.72. The summed E-state index contributed by atoms with van der Waals surface area (Å²) in [6.45, 7) is 1.01. The molecular weight excluding hydrogens is 278 g/mol. The van der Waals surface area contributed by atoms with Crippen molar-refractivity contribution in [1.29, 1.82) is 0 Å². The second-order valence-electron chi connectivity index (χ2n) is 5.24. The number of unbranched alkanes of at least 4 members (excludes halogenated alkanes) is 3. The van der Waals surface area contributed by atoms with Gasteiger partial charge in [0.05, 0.1) is 19.1 Å². The van der Waals surface area contributed by atoms with Gasteiger partial charge in [0.1, 0.15) is 5.75 Å². The Bertz CT molecular complexity index is 562. The number of ether oxygens (including phenoxy) is 1. The van der Waals surface area contributed by atoms with Crippen LogP contribution < -0.4 is 4.74 Å². The van der Waals surface area contributed by atoms with Gasteiger partial charge in [-0.05, 0) is 49.1 Å². The lowest BCUT2D eigenvalue weighted by atomic mass is 10.0. The van der Waals surface area contributed by atoms with Crippen LogP contribution in [-0.2, 0) is 6.54 Å². The predicted molar refractivity (Wildman–Crippen MR) is 86.6 cm³/mol. The van der Waals surface area contributed by atoms with Crippen molar-refractivity contribution in [3.63, 3.8) is 0 Å². The summed E-state index contributed by atoms with van der Waals surface area (Å²) in [5.41, 5.74) is 1.68. The number of methoxy groups -OCH3 is 1. The highest BCUT2D eigenvalue weighted by molar-refractivity contribution is 6.00. The number of benzene rings is 1. The van der Waals surface area contributed by atoms with E-state index in [-0.39, 0.29) is 0 Å². The van der Waals surface area contributed by atoms with Crippen LogP contribution in [0.1, 0.15) is 37.7 Å². The molecule has 0 atom stereocenters. The monoisotopic (exact) mass is 301 g/mol. The van der Waals surface area contributed by atoms with Gasteiger partial charge in [0.2, 0.25) is 0 Å². The lowest BCUT2D eigenvalue weighted by Crippen LogP contribution is -2.01. The molecule has 0 fully saturated rings. The molecule has 0 bridgehead atoms. The Kier molecular flexibility index (Phi) is 6.48. The molecule has 1 aromatic carbocycles. The third-order valence-corrected chi connectivity index (χ3v) is 3.68. The first kappa shape index (κ1) is 16.1. The van der Waals surface area contributed by atoms with Crippen LogP contribution in [0.2, 0.25) is 0 Å². The van der Waals surface area contributed by atoms with E-state index >= 15 is 0 Å². The molecule has 5 heteroatoms. The average Bonchev–Trinajstić information content (AvgIpc) is 3.08. The van der Waals surface area contributed by atoms with Crippen molar-refractivity contribution < 1.29 is 9.94 Å². The van der Waals surface area contributed by atoms with Crippen molar-refractivity contribution in [1.82, 2.24) is 9.55 Å². The Morgan fingerprint density at radius 2 is 1.95 bits per heavy atom. The molecule has 5 nitrogen and oxygen atoms in total. The van der Waals surface area contributed by atoms with Gasteiger partial charge in [-0.2, -0.15) is 0 Å². The van der Waals surface area contributed by atoms with E-state index < -0.39 is 0 Å². The highest BCUT2D eigenvalue weighted by atomic mass is 16.5. The number of nitrogens with zero attached hydrogens (tertiary/aromatic N) is 3. The summed E-state index contributed by atoms with van der Waals surface area (Å²) in [7, 11) is 1.64. The van der Waals surface area contributed by atoms with E-state index in [1.165, 1.54) is 6.42 Å². The molecule has 1 heterocycles. The fourth-order valence-corrected chi connectivity index (χ4v) is 2.39. The minimum atomic E-state index is 0.734. The largest absolute Gasteiger partial charge is 0.497 e. The molecule has 0 aliphatic rings. The zero-order valence-corrected chi connectivity index (χ0v) is 13.0. The number of oxime groups is 1. The topological polar surface area (TPSA) is 59.6 Å². The zero-order valence-electron chi connectivity index (χ0n) is 13.0. The van der Waals surface area contributed by atoms with Crippen LogP contribution in [0.4, 0.5) is 0 Å². The first-order valence-electron chi connectivity index (χ1n) is 7.64. The summed E-state index contributed by atoms with van der Waals surface area (Å²) in [6.07, 6.45) is 10.9. The summed E-state index contributed by atoms with van der Waals surface area (Å²) < 4.78 is 7.23. The summed E-state index contributed by atoms with van der Waals surface area (Å²) in [4.78, 5) is 4.03. The summed E-state index contributed by atoms with van der Waals surface area (Å²) >= 11 is 0. The molecule has 1 aromatic heterocycles. The molecule has 118 valence electrons. The quantitative estimate of drug-likeness (QED) is 0.332. The van der Waals surface area contributed by atoms with E-state index in [0.29, 0.717) is 0 Å². The maximum atomic E-state index is 9.18. The molecule has 0 unspecified atom stereocenters. The number of hydrogen-bond acceptors (Lipinski definition) is 4. The molecule has 0 saturated carbocycles. The Labute approximate surface area is 131 Å². The summed E-state index contributed by atoms with van der Waals surface area (Å²) in [5.74, 6) is 0.806. The normalized spacial score (nSPS) is 11.6. The Hall–Kier alpha value is -2.30. The van der Waals surface area contributed by atoms with Gasteiger partial charge in [-0.1, -0.05) is 18.0 Å². The van der Waals surface area contributed by atoms with Gasteiger partial charge in [-0.15, -0.1) is 0 Å². The minimum Gasteiger partial charge on any atom is -0.497 e. The van der Waals surface area contributed by atoms with Gasteiger partial charge in [-0.25, -0.2) is 4.98 Å². The summed E-state index contributed by atoms with van der Waals surface area (Å²) in [5, 5.41) is 12.6. The van der Waals surface area contributed by atoms with Crippen molar-refractivity contribution >= 4 is 5.71 Å². The maximum absolute atomic E-state index is 9.18. The molecule has 22 heavy (non-hydrogen) atoms. The number of imidazole rings is 1. The van der Waals surface area contributed by atoms with Crippen LogP contribution in [0.15, 0.2) is 48.1 Å². The third-order valence-electron chi connectivity index (χ3n) is 3.68. The smallest absolute Gasteiger partial charge is 0.118 e. The zero-order chi connectivity index (χ0) is 15.6. The Balaban J connectivity index is 1.67. The third kappa shape index (κ3) is 4.91. The molecular formula is C17H23N3O2. The summed E-state index contributed by atoms with van der Waals surface area (Å²) in [6, 6.07) is 7.61. The van der Waals surface area contributed by atoms with Crippen LogP contribution in [0.5, 0.6) is 5.75 Å². The fourth-order valence-electron chi connectivity index (χ4n) is 2.39. The molecule has 0 aliphatic carbocycles. The molecule has 2 rings (SSSR count). The number of rotatable bonds is 9. The molecule has 1 N–H and O–H groups in total. The average molecular weight is 301 g/mol. The standard InChI is InChI=1S/C17H23N3O2/c1-22-16-9-7-15(8-10-16)17(19-21)6-4-2-3-5-12-20-13-11-18-14-20/h7-11,13-14,21H,2-6,12H2,1H3/b19-17-. The van der Waals surface area contributed by atoms with E-state index in [0.717, 1.165) is 49.3 Å². The van der Waals surface area contributed by atoms with Crippen molar-refractivity contribution in [2.24, 2.45) is 5.16 Å². The second kappa shape index (κ2) is 8.87. The van der Waals surface area contributed by atoms with Crippen molar-refractivity contribution in [3.05, 3.63) is 48.5 Å². The van der Waals surface area contributed by atoms with Gasteiger partial charge in [0.25, 0.3) is 0 Å². The van der Waals surface area contributed by atoms with Gasteiger partial charge in [0.15, 0.2) is 0 Å². The maximum Gasteiger partial charge on any atom is 0.118 e. The van der Waals surface area contributed by atoms with Crippen LogP contribution in [0, 0.1) is 0 Å². The fraction of sp³-hybridized carbons (Fsp3) is 0.412. The van der Waals surface area contributed by atoms with Crippen LogP contribution >= 0.6 is 0 Å². The number of hydrogen-bond donors (Lipinski definition) is 1. The van der Waals surface area contributed by atoms with Crippen LogP contribution in [0.3, 0.4) is 0 Å². The van der Waals surface area contributed by atoms with Crippen molar-refractivity contribution in [2.75, 3.05) is 7.11 Å². The first-order chi connectivity index (χ1) is 10.8. The highest BCUT2D eigenvalue weighted by Crippen LogP contribution is 2.15. The minimum absolute atomic E-state index is 0.734. The molecule has 2 aromatic rings. The van der Waals surface area contributed by atoms with Gasteiger partial charge in [0, 0.05) is 18.9 Å². The molecule has 0 spiro atoms. The van der Waals surface area contributed by atoms with E-state index in [1.807, 2.05) is 36.8 Å². The van der Waals surface area contributed by atoms with Gasteiger partial charge < -0.3 is 14.5 Å². The van der Waals surface area contributed by atoms with E-state index in [1.54, 1.807) is 13.3 Å². The number of aromatic nitrogens is 2. The number of aryl methyl sites for hydroxylation is 1. The Morgan fingerprint density at radius 3 is 2.59 bits per heavy atom. The van der Waals surface area contributed by atoms with E-state index in [9.17, 15) is 5.21 Å². The van der Waals surface area contributed by atoms with Crippen LogP contribution in [-0.4, -0.2) is 27.6 Å². The lowest BCUT2D eigenvalue weighted by molar-refractivity contribution is 0.317. The van der Waals surface area contributed by atoms with E-state index in [4.69, 9.17) is 4.74 Å². The van der Waals surface area contributed by atoms with Gasteiger partial charge >= 0.3 is 0 Å². The molecule has 0 amide bonds. The van der Waals surface area contributed by atoms with E-state index in [2.05, 4.69) is 14.7 Å². The first-order valence-corrected chi connectivity index (χ1v) is 7.64.